The van der Waals surface area contributed by atoms with Crippen LogP contribution in [0.2, 0.25) is 13.1 Å². The number of hydrogen-bond acceptors (Lipinski definition) is 5. The summed E-state index contributed by atoms with van der Waals surface area (Å²) in [6.07, 6.45) is 6.36. The number of aromatic carboxylic acids is 1. The van der Waals surface area contributed by atoms with Crippen molar-refractivity contribution in [2.45, 2.75) is 19.7 Å². The maximum absolute atomic E-state index is 13.3. The zero-order valence-electron chi connectivity index (χ0n) is 24.3. The highest BCUT2D eigenvalue weighted by atomic mass is 28.3. The van der Waals surface area contributed by atoms with Gasteiger partial charge in [-0.05, 0) is 62.5 Å². The van der Waals surface area contributed by atoms with Crippen LogP contribution >= 0.6 is 0 Å². The lowest BCUT2D eigenvalue weighted by molar-refractivity contribution is -0.462. The van der Waals surface area contributed by atoms with E-state index in [9.17, 15) is 14.7 Å². The maximum Gasteiger partial charge on any atom is 0.339 e. The summed E-state index contributed by atoms with van der Waals surface area (Å²) in [6, 6.07) is 20.6. The second-order valence-electron chi connectivity index (χ2n) is 11.3. The molecule has 2 aliphatic rings. The Balaban J connectivity index is 1.74. The van der Waals surface area contributed by atoms with Gasteiger partial charge in [0.25, 0.3) is 0 Å². The highest BCUT2D eigenvalue weighted by Crippen LogP contribution is 2.43. The van der Waals surface area contributed by atoms with Gasteiger partial charge in [-0.25, -0.2) is 9.37 Å². The van der Waals surface area contributed by atoms with Crippen molar-refractivity contribution in [2.75, 3.05) is 33.1 Å². The predicted molar refractivity (Wildman–Crippen MR) is 165 cm³/mol. The minimum absolute atomic E-state index is 0.0223. The van der Waals surface area contributed by atoms with Crippen molar-refractivity contribution in [3.63, 3.8) is 0 Å². The Morgan fingerprint density at radius 1 is 0.927 bits per heavy atom. The van der Waals surface area contributed by atoms with Crippen LogP contribution in [0.4, 0.5) is 5.69 Å². The first-order valence-corrected chi connectivity index (χ1v) is 16.6. The van der Waals surface area contributed by atoms with Gasteiger partial charge in [0.2, 0.25) is 0 Å². The number of carboxylic acids is 1. The summed E-state index contributed by atoms with van der Waals surface area (Å²) in [5, 5.41) is 15.2. The summed E-state index contributed by atoms with van der Waals surface area (Å²) >= 11 is 0. The molecule has 0 amide bonds. The number of hydrogen-bond donors (Lipinski definition) is 0. The average molecular weight is 563 g/mol. The van der Waals surface area contributed by atoms with Crippen molar-refractivity contribution in [1.29, 1.82) is 0 Å². The van der Waals surface area contributed by atoms with Gasteiger partial charge >= 0.3 is 5.97 Å². The molecule has 0 saturated heterocycles. The van der Waals surface area contributed by atoms with E-state index in [1.54, 1.807) is 12.1 Å². The van der Waals surface area contributed by atoms with Crippen LogP contribution in [-0.2, 0) is 11.3 Å². The summed E-state index contributed by atoms with van der Waals surface area (Å²) in [4.78, 5) is 28.1. The normalized spacial score (nSPS) is 15.1. The van der Waals surface area contributed by atoms with Gasteiger partial charge in [0, 0.05) is 37.5 Å². The van der Waals surface area contributed by atoms with Crippen molar-refractivity contribution in [3.8, 4) is 0 Å². The zero-order valence-corrected chi connectivity index (χ0v) is 25.3. The zero-order chi connectivity index (χ0) is 29.5. The lowest BCUT2D eigenvalue weighted by Crippen LogP contribution is -2.50. The number of carboxylic acid groups (broad SMARTS) is 1. The molecule has 0 radical (unpaired) electrons. The summed E-state index contributed by atoms with van der Waals surface area (Å²) in [7, 11) is 5.84. The van der Waals surface area contributed by atoms with Crippen molar-refractivity contribution < 1.29 is 24.0 Å². The van der Waals surface area contributed by atoms with E-state index in [1.807, 2.05) is 58.5 Å². The second-order valence-corrected chi connectivity index (χ2v) is 15.7. The number of esters is 1. The van der Waals surface area contributed by atoms with Crippen LogP contribution in [-0.4, -0.2) is 58.5 Å². The number of carbonyl (C=O) groups is 2. The number of rotatable bonds is 6. The fourth-order valence-corrected chi connectivity index (χ4v) is 8.69. The Bertz CT molecular complexity index is 1690. The van der Waals surface area contributed by atoms with E-state index >= 15 is 0 Å². The maximum atomic E-state index is 13.3. The van der Waals surface area contributed by atoms with E-state index in [-0.39, 0.29) is 17.7 Å². The van der Waals surface area contributed by atoms with Crippen LogP contribution in [0, 0.1) is 0 Å². The molecule has 0 N–H and O–H groups in total. The van der Waals surface area contributed by atoms with Gasteiger partial charge in [0.15, 0.2) is 5.71 Å². The average Bonchev–Trinajstić information content (AvgIpc) is 2.96. The highest BCUT2D eigenvalue weighted by molar-refractivity contribution is 6.98. The Labute approximate surface area is 242 Å². The van der Waals surface area contributed by atoms with Crippen molar-refractivity contribution in [3.05, 3.63) is 124 Å². The van der Waals surface area contributed by atoms with E-state index in [0.717, 1.165) is 33.7 Å². The van der Waals surface area contributed by atoms with E-state index in [0.29, 0.717) is 5.56 Å². The molecule has 0 atom stereocenters. The SMILES string of the molecule is CN(C)c1ccc2c(c1)[Si](C)(C)C1=CC(=[N+](C)C)C=CC1=C2c1cccc(C(=O)OCc2ccccc2)c1C(=O)[O-]. The standard InChI is InChI=1S/C34H34N2O4Si/c1-35(2)23-15-17-25-29(19-23)41(5,6)30-20-24(36(3)4)16-18-26(30)31(25)27-13-10-14-28(32(27)33(37)38)34(39)40-21-22-11-8-7-9-12-22/h7-20H,21H2,1-6H3. The van der Waals surface area contributed by atoms with Crippen molar-refractivity contribution in [2.24, 2.45) is 0 Å². The number of nitrogens with zero attached hydrogens (tertiary/aromatic N) is 2. The van der Waals surface area contributed by atoms with Crippen LogP contribution in [0.15, 0.2) is 95.7 Å². The van der Waals surface area contributed by atoms with Gasteiger partial charge in [0.05, 0.1) is 11.5 Å². The second kappa shape index (κ2) is 10.8. The molecule has 0 saturated carbocycles. The van der Waals surface area contributed by atoms with Crippen molar-refractivity contribution >= 4 is 42.2 Å². The first-order chi connectivity index (χ1) is 19.5. The number of fused-ring (bicyclic) bond motifs is 2. The van der Waals surface area contributed by atoms with E-state index in [1.165, 1.54) is 16.4 Å². The van der Waals surface area contributed by atoms with Gasteiger partial charge in [-0.15, -0.1) is 0 Å². The molecule has 6 nitrogen and oxygen atoms in total. The summed E-state index contributed by atoms with van der Waals surface area (Å²) < 4.78 is 7.64. The van der Waals surface area contributed by atoms with E-state index in [2.05, 4.69) is 59.0 Å². The van der Waals surface area contributed by atoms with E-state index in [4.69, 9.17) is 4.74 Å². The molecule has 0 unspecified atom stereocenters. The summed E-state index contributed by atoms with van der Waals surface area (Å²) in [6.45, 7) is 4.70. The molecule has 0 bridgehead atoms. The van der Waals surface area contributed by atoms with Crippen LogP contribution in [0.1, 0.15) is 37.4 Å². The number of ether oxygens (including phenoxy) is 1. The number of anilines is 1. The molecule has 208 valence electrons. The topological polar surface area (TPSA) is 72.7 Å². The molecule has 3 aromatic rings. The van der Waals surface area contributed by atoms with Crippen LogP contribution in [0.3, 0.4) is 0 Å². The van der Waals surface area contributed by atoms with Crippen LogP contribution < -0.4 is 15.2 Å². The van der Waals surface area contributed by atoms with Crippen LogP contribution in [0.25, 0.3) is 5.57 Å². The molecule has 1 aliphatic carbocycles. The van der Waals surface area contributed by atoms with Gasteiger partial charge in [-0.1, -0.05) is 61.6 Å². The monoisotopic (exact) mass is 562 g/mol. The predicted octanol–water partition coefficient (Wildman–Crippen LogP) is 3.95. The minimum atomic E-state index is -2.22. The quantitative estimate of drug-likeness (QED) is 0.259. The van der Waals surface area contributed by atoms with E-state index < -0.39 is 20.0 Å². The third kappa shape index (κ3) is 5.09. The van der Waals surface area contributed by atoms with Crippen molar-refractivity contribution in [1.82, 2.24) is 0 Å². The Kier molecular flexibility index (Phi) is 7.40. The fraction of sp³-hybridized carbons (Fsp3) is 0.206. The summed E-state index contributed by atoms with van der Waals surface area (Å²) in [5.74, 6) is -2.12. The molecule has 0 fully saturated rings. The smallest absolute Gasteiger partial charge is 0.339 e. The summed E-state index contributed by atoms with van der Waals surface area (Å²) in [5.41, 5.74) is 5.99. The number of carbonyl (C=O) groups excluding carboxylic acids is 2. The molecule has 0 aromatic heterocycles. The van der Waals surface area contributed by atoms with Gasteiger partial charge in [-0.3, -0.25) is 0 Å². The van der Waals surface area contributed by atoms with Gasteiger partial charge in [0.1, 0.15) is 28.8 Å². The Morgan fingerprint density at radius 3 is 2.32 bits per heavy atom. The highest BCUT2D eigenvalue weighted by Gasteiger charge is 2.41. The number of benzene rings is 3. The minimum Gasteiger partial charge on any atom is -0.545 e. The largest absolute Gasteiger partial charge is 0.545 e. The third-order valence-corrected chi connectivity index (χ3v) is 11.4. The lowest BCUT2D eigenvalue weighted by Gasteiger charge is -2.38. The Hall–Kier alpha value is -4.49. The molecular weight excluding hydrogens is 528 g/mol. The molecule has 1 aliphatic heterocycles. The van der Waals surface area contributed by atoms with Gasteiger partial charge < -0.3 is 19.5 Å². The third-order valence-electron chi connectivity index (χ3n) is 7.90. The molecule has 5 rings (SSSR count). The van der Waals surface area contributed by atoms with Gasteiger partial charge in [-0.2, -0.15) is 0 Å². The number of allylic oxidation sites excluding steroid dienone is 5. The molecule has 3 aromatic carbocycles. The fourth-order valence-electron chi connectivity index (χ4n) is 5.62. The molecule has 0 spiro atoms. The molecule has 1 heterocycles. The molecule has 41 heavy (non-hydrogen) atoms. The molecular formula is C34H34N2O4Si. The Morgan fingerprint density at radius 2 is 1.66 bits per heavy atom. The first kappa shape index (κ1) is 28.1. The lowest BCUT2D eigenvalue weighted by atomic mass is 9.85. The first-order valence-electron chi connectivity index (χ1n) is 13.6. The molecule has 7 heteroatoms. The van der Waals surface area contributed by atoms with Crippen LogP contribution in [0.5, 0.6) is 0 Å².